The molecule has 40 heavy (non-hydrogen) atoms. The number of rotatable bonds is 9. The van der Waals surface area contributed by atoms with E-state index in [-0.39, 0.29) is 23.2 Å². The third kappa shape index (κ3) is 8.10. The third-order valence-electron chi connectivity index (χ3n) is 6.71. The van der Waals surface area contributed by atoms with Crippen molar-refractivity contribution in [1.82, 2.24) is 5.43 Å². The minimum absolute atomic E-state index is 0.192. The maximum absolute atomic E-state index is 12.6. The fraction of sp³-hybridized carbons (Fsp3) is 0.394. The Hall–Kier alpha value is -3.32. The third-order valence-corrected chi connectivity index (χ3v) is 7.30. The summed E-state index contributed by atoms with van der Waals surface area (Å²) in [6.07, 6.45) is 2.39. The Morgan fingerprint density at radius 3 is 2.23 bits per heavy atom. The Kier molecular flexibility index (Phi) is 10.1. The van der Waals surface area contributed by atoms with Gasteiger partial charge in [-0.2, -0.15) is 5.10 Å². The van der Waals surface area contributed by atoms with Gasteiger partial charge < -0.3 is 14.6 Å². The second-order valence-corrected chi connectivity index (χ2v) is 12.9. The Morgan fingerprint density at radius 2 is 1.65 bits per heavy atom. The number of amides is 1. The highest BCUT2D eigenvalue weighted by molar-refractivity contribution is 9.10. The Morgan fingerprint density at radius 1 is 1.02 bits per heavy atom. The number of nitrogens with zero attached hydrogens (tertiary/aromatic N) is 1. The molecule has 7 heteroatoms. The second-order valence-electron chi connectivity index (χ2n) is 12.1. The molecule has 0 saturated carbocycles. The molecule has 3 rings (SSSR count). The zero-order valence-electron chi connectivity index (χ0n) is 24.8. The van der Waals surface area contributed by atoms with E-state index in [1.165, 1.54) is 0 Å². The quantitative estimate of drug-likeness (QED) is 0.192. The predicted octanol–water partition coefficient (Wildman–Crippen LogP) is 7.73. The molecule has 0 spiro atoms. The van der Waals surface area contributed by atoms with Crippen molar-refractivity contribution in [3.8, 4) is 17.2 Å². The molecule has 1 amide bonds. The number of aromatic hydroxyl groups is 1. The fourth-order valence-corrected chi connectivity index (χ4v) is 4.93. The minimum Gasteiger partial charge on any atom is -0.507 e. The number of hydrogen-bond donors (Lipinski definition) is 2. The molecule has 0 atom stereocenters. The van der Waals surface area contributed by atoms with E-state index in [0.29, 0.717) is 30.3 Å². The number of benzene rings is 3. The van der Waals surface area contributed by atoms with Gasteiger partial charge in [0.25, 0.3) is 0 Å². The van der Waals surface area contributed by atoms with E-state index < -0.39 is 0 Å². The van der Waals surface area contributed by atoms with Crippen molar-refractivity contribution >= 4 is 28.1 Å². The van der Waals surface area contributed by atoms with Crippen LogP contribution < -0.4 is 14.9 Å². The number of halogens is 1. The van der Waals surface area contributed by atoms with Gasteiger partial charge in [-0.15, -0.1) is 0 Å². The van der Waals surface area contributed by atoms with Crippen molar-refractivity contribution in [3.05, 3.63) is 86.4 Å². The summed E-state index contributed by atoms with van der Waals surface area (Å²) in [5.41, 5.74) is 7.98. The molecular formula is C33H41BrN2O4. The van der Waals surface area contributed by atoms with Crippen molar-refractivity contribution in [1.29, 1.82) is 0 Å². The highest BCUT2D eigenvalue weighted by Gasteiger charge is 2.26. The Bertz CT molecular complexity index is 1350. The molecule has 0 aliphatic carbocycles. The molecule has 0 heterocycles. The lowest BCUT2D eigenvalue weighted by atomic mass is 9.78. The standard InChI is InChI=1S/C33H41BrN2O4/c1-21-11-9-10-12-24(21)20-40-31-27(34)17-23(18-28(31)39-8)19-35-36-29(37)14-13-22-15-25(32(2,3)4)30(38)26(16-22)33(5,6)7/h9-12,15-19,38H,13-14,20H2,1-8H3,(H,36,37)/b35-19-. The van der Waals surface area contributed by atoms with Gasteiger partial charge in [-0.05, 0) is 85.6 Å². The van der Waals surface area contributed by atoms with Gasteiger partial charge in [0.1, 0.15) is 12.4 Å². The van der Waals surface area contributed by atoms with Gasteiger partial charge in [-0.25, -0.2) is 5.43 Å². The molecule has 0 fully saturated rings. The van der Waals surface area contributed by atoms with Crippen molar-refractivity contribution in [3.63, 3.8) is 0 Å². The van der Waals surface area contributed by atoms with Crippen molar-refractivity contribution < 1.29 is 19.4 Å². The van der Waals surface area contributed by atoms with E-state index in [9.17, 15) is 9.90 Å². The normalized spacial score (nSPS) is 12.0. The van der Waals surface area contributed by atoms with Crippen LogP contribution in [0.25, 0.3) is 0 Å². The predicted molar refractivity (Wildman–Crippen MR) is 166 cm³/mol. The van der Waals surface area contributed by atoms with Gasteiger partial charge in [0, 0.05) is 6.42 Å². The first-order valence-electron chi connectivity index (χ1n) is 13.4. The van der Waals surface area contributed by atoms with E-state index in [4.69, 9.17) is 9.47 Å². The Labute approximate surface area is 246 Å². The fourth-order valence-electron chi connectivity index (χ4n) is 4.35. The number of ether oxygens (including phenoxy) is 2. The van der Waals surface area contributed by atoms with Crippen molar-refractivity contribution in [2.45, 2.75) is 78.7 Å². The van der Waals surface area contributed by atoms with E-state index in [2.05, 4.69) is 81.0 Å². The monoisotopic (exact) mass is 608 g/mol. The first-order chi connectivity index (χ1) is 18.7. The molecule has 0 aliphatic rings. The van der Waals surface area contributed by atoms with E-state index in [1.54, 1.807) is 13.3 Å². The molecule has 214 valence electrons. The molecule has 0 bridgehead atoms. The summed E-state index contributed by atoms with van der Waals surface area (Å²) in [6, 6.07) is 15.8. The second kappa shape index (κ2) is 12.9. The molecule has 2 N–H and O–H groups in total. The number of hydrogen-bond acceptors (Lipinski definition) is 5. The lowest BCUT2D eigenvalue weighted by molar-refractivity contribution is -0.121. The molecule has 0 radical (unpaired) electrons. The van der Waals surface area contributed by atoms with E-state index in [0.717, 1.165) is 37.9 Å². The summed E-state index contributed by atoms with van der Waals surface area (Å²) in [4.78, 5) is 12.6. The molecule has 3 aromatic carbocycles. The number of phenolic OH excluding ortho intramolecular Hbond substituents is 1. The van der Waals surface area contributed by atoms with Crippen molar-refractivity contribution in [2.75, 3.05) is 7.11 Å². The van der Waals surface area contributed by atoms with Gasteiger partial charge in [0.05, 0.1) is 17.8 Å². The number of nitrogens with one attached hydrogen (secondary N) is 1. The molecule has 0 aromatic heterocycles. The largest absolute Gasteiger partial charge is 0.507 e. The van der Waals surface area contributed by atoms with Crippen LogP contribution in [0.2, 0.25) is 0 Å². The van der Waals surface area contributed by atoms with Crippen LogP contribution in [-0.4, -0.2) is 24.3 Å². The summed E-state index contributed by atoms with van der Waals surface area (Å²) in [6.45, 7) is 14.9. The number of carbonyl (C=O) groups is 1. The highest BCUT2D eigenvalue weighted by atomic mass is 79.9. The zero-order valence-corrected chi connectivity index (χ0v) is 26.4. The number of methoxy groups -OCH3 is 1. The average molecular weight is 610 g/mol. The smallest absolute Gasteiger partial charge is 0.240 e. The lowest BCUT2D eigenvalue weighted by Crippen LogP contribution is -2.20. The number of phenols is 1. The van der Waals surface area contributed by atoms with Crippen LogP contribution >= 0.6 is 15.9 Å². The minimum atomic E-state index is -0.219. The van der Waals surface area contributed by atoms with Crippen LogP contribution in [0.1, 0.15) is 81.3 Å². The van der Waals surface area contributed by atoms with Gasteiger partial charge in [0.15, 0.2) is 11.5 Å². The summed E-state index contributed by atoms with van der Waals surface area (Å²) >= 11 is 3.57. The maximum atomic E-state index is 12.6. The summed E-state index contributed by atoms with van der Waals surface area (Å²) in [5.74, 6) is 1.31. The van der Waals surface area contributed by atoms with Crippen LogP contribution in [0.5, 0.6) is 17.2 Å². The first-order valence-corrected chi connectivity index (χ1v) is 14.2. The summed E-state index contributed by atoms with van der Waals surface area (Å²) < 4.78 is 12.3. The number of aryl methyl sites for hydroxylation is 2. The van der Waals surface area contributed by atoms with Gasteiger partial charge >= 0.3 is 0 Å². The molecule has 6 nitrogen and oxygen atoms in total. The topological polar surface area (TPSA) is 80.2 Å². The molecule has 3 aromatic rings. The first kappa shape index (κ1) is 31.2. The van der Waals surface area contributed by atoms with Gasteiger partial charge in [-0.3, -0.25) is 4.79 Å². The highest BCUT2D eigenvalue weighted by Crippen LogP contribution is 2.40. The lowest BCUT2D eigenvalue weighted by Gasteiger charge is -2.28. The molecular weight excluding hydrogens is 568 g/mol. The van der Waals surface area contributed by atoms with Gasteiger partial charge in [0.2, 0.25) is 5.91 Å². The van der Waals surface area contributed by atoms with Crippen LogP contribution in [0, 0.1) is 6.92 Å². The SMILES string of the molecule is COc1cc(/C=N\NC(=O)CCc2cc(C(C)(C)C)c(O)c(C(C)(C)C)c2)cc(Br)c1OCc1ccccc1C. The number of carbonyl (C=O) groups excluding carboxylic acids is 1. The van der Waals surface area contributed by atoms with Crippen LogP contribution in [-0.2, 0) is 28.7 Å². The average Bonchev–Trinajstić information content (AvgIpc) is 2.86. The van der Waals surface area contributed by atoms with Crippen LogP contribution in [0.15, 0.2) is 58.1 Å². The zero-order chi connectivity index (χ0) is 29.7. The van der Waals surface area contributed by atoms with E-state index >= 15 is 0 Å². The summed E-state index contributed by atoms with van der Waals surface area (Å²) in [7, 11) is 1.59. The molecule has 0 unspecified atom stereocenters. The van der Waals surface area contributed by atoms with Crippen molar-refractivity contribution in [2.24, 2.45) is 5.10 Å². The van der Waals surface area contributed by atoms with Crippen LogP contribution in [0.4, 0.5) is 0 Å². The van der Waals surface area contributed by atoms with Gasteiger partial charge in [-0.1, -0.05) is 77.9 Å². The molecule has 0 aliphatic heterocycles. The van der Waals surface area contributed by atoms with E-state index in [1.807, 2.05) is 42.5 Å². The Balaban J connectivity index is 1.66. The number of hydrazone groups is 1. The molecule has 0 saturated heterocycles. The maximum Gasteiger partial charge on any atom is 0.240 e. The van der Waals surface area contributed by atoms with Crippen LogP contribution in [0.3, 0.4) is 0 Å². The summed E-state index contributed by atoms with van der Waals surface area (Å²) in [5, 5.41) is 15.1.